The van der Waals surface area contributed by atoms with E-state index in [1.54, 1.807) is 6.34 Å². The van der Waals surface area contributed by atoms with E-state index in [9.17, 15) is 0 Å². The average Bonchev–Trinajstić information content (AvgIpc) is 2.49. The molecule has 3 heteroatoms. The van der Waals surface area contributed by atoms with Gasteiger partial charge in [0, 0.05) is 11.5 Å². The second kappa shape index (κ2) is 5.00. The number of aliphatic imine (C=N–C) groups is 2. The number of allylic oxidation sites excluding steroid dienone is 3. The Morgan fingerprint density at radius 3 is 2.78 bits per heavy atom. The number of rotatable bonds is 2. The van der Waals surface area contributed by atoms with Crippen LogP contribution < -0.4 is 5.32 Å². The molecular formula is C15H15N3. The van der Waals surface area contributed by atoms with Gasteiger partial charge in [0.05, 0.1) is 6.34 Å². The van der Waals surface area contributed by atoms with Gasteiger partial charge in [0.2, 0.25) is 0 Å². The van der Waals surface area contributed by atoms with E-state index in [-0.39, 0.29) is 6.17 Å². The third-order valence-corrected chi connectivity index (χ3v) is 3.13. The lowest BCUT2D eigenvalue weighted by Gasteiger charge is -2.22. The van der Waals surface area contributed by atoms with Crippen LogP contribution in [0.25, 0.3) is 0 Å². The molecule has 1 aliphatic carbocycles. The number of hydrogen-bond donors (Lipinski definition) is 1. The van der Waals surface area contributed by atoms with E-state index < -0.39 is 0 Å². The van der Waals surface area contributed by atoms with Crippen molar-refractivity contribution in [2.45, 2.75) is 12.6 Å². The summed E-state index contributed by atoms with van der Waals surface area (Å²) in [6, 6.07) is 10.2. The second-order valence-electron chi connectivity index (χ2n) is 4.39. The summed E-state index contributed by atoms with van der Waals surface area (Å²) in [5, 5.41) is 3.12. The quantitative estimate of drug-likeness (QED) is 0.843. The van der Waals surface area contributed by atoms with Gasteiger partial charge in [-0.15, -0.1) is 0 Å². The van der Waals surface area contributed by atoms with Crippen LogP contribution in [0.3, 0.4) is 0 Å². The monoisotopic (exact) mass is 237 g/mol. The van der Waals surface area contributed by atoms with E-state index in [2.05, 4.69) is 46.7 Å². The highest BCUT2D eigenvalue weighted by molar-refractivity contribution is 6.05. The third kappa shape index (κ3) is 2.25. The summed E-state index contributed by atoms with van der Waals surface area (Å²) in [6.07, 6.45) is 11.2. The van der Waals surface area contributed by atoms with Crippen molar-refractivity contribution in [2.24, 2.45) is 15.9 Å². The summed E-state index contributed by atoms with van der Waals surface area (Å²) >= 11 is 0. The molecule has 1 aromatic rings. The molecular weight excluding hydrogens is 222 g/mol. The Morgan fingerprint density at radius 2 is 2.00 bits per heavy atom. The molecule has 0 aromatic heterocycles. The first kappa shape index (κ1) is 11.0. The van der Waals surface area contributed by atoms with Gasteiger partial charge < -0.3 is 5.32 Å². The number of nitrogens with zero attached hydrogens (tertiary/aromatic N) is 2. The molecule has 3 nitrogen and oxygen atoms in total. The molecule has 0 bridgehead atoms. The highest BCUT2D eigenvalue weighted by Crippen LogP contribution is 2.21. The van der Waals surface area contributed by atoms with Gasteiger partial charge in [0.25, 0.3) is 0 Å². The summed E-state index contributed by atoms with van der Waals surface area (Å²) in [6.45, 7) is 0. The van der Waals surface area contributed by atoms with Crippen LogP contribution in [-0.2, 0) is 0 Å². The summed E-state index contributed by atoms with van der Waals surface area (Å²) in [4.78, 5) is 9.12. The number of hydrogen-bond acceptors (Lipinski definition) is 3. The van der Waals surface area contributed by atoms with Gasteiger partial charge in [-0.25, -0.2) is 9.98 Å². The molecule has 1 aromatic carbocycles. The van der Waals surface area contributed by atoms with Crippen molar-refractivity contribution in [2.75, 3.05) is 0 Å². The van der Waals surface area contributed by atoms with Crippen LogP contribution in [-0.4, -0.2) is 18.3 Å². The van der Waals surface area contributed by atoms with E-state index >= 15 is 0 Å². The molecule has 1 heterocycles. The molecule has 0 saturated heterocycles. The smallest absolute Gasteiger partial charge is 0.150 e. The SMILES string of the molecule is C1=CCC(C2N=CNC(c3ccccc3)=N2)C=C1. The maximum Gasteiger partial charge on any atom is 0.150 e. The Labute approximate surface area is 107 Å². The zero-order valence-electron chi connectivity index (χ0n) is 10.0. The molecule has 0 fully saturated rings. The van der Waals surface area contributed by atoms with Crippen molar-refractivity contribution < 1.29 is 0 Å². The van der Waals surface area contributed by atoms with Crippen molar-refractivity contribution in [1.82, 2.24) is 5.32 Å². The first-order chi connectivity index (χ1) is 8.93. The normalized spacial score (nSPS) is 25.7. The highest BCUT2D eigenvalue weighted by Gasteiger charge is 2.20. The molecule has 2 aliphatic rings. The highest BCUT2D eigenvalue weighted by atomic mass is 15.2. The Kier molecular flexibility index (Phi) is 3.05. The third-order valence-electron chi connectivity index (χ3n) is 3.13. The second-order valence-corrected chi connectivity index (χ2v) is 4.39. The topological polar surface area (TPSA) is 36.8 Å². The molecule has 2 unspecified atom stereocenters. The minimum absolute atomic E-state index is 0.0114. The van der Waals surface area contributed by atoms with E-state index in [1.807, 2.05) is 18.2 Å². The predicted octanol–water partition coefficient (Wildman–Crippen LogP) is 2.52. The lowest BCUT2D eigenvalue weighted by Crippen LogP contribution is -2.32. The molecule has 1 N–H and O–H groups in total. The van der Waals surface area contributed by atoms with E-state index in [4.69, 9.17) is 4.99 Å². The number of benzene rings is 1. The molecule has 1 aliphatic heterocycles. The summed E-state index contributed by atoms with van der Waals surface area (Å²) < 4.78 is 0. The van der Waals surface area contributed by atoms with Gasteiger partial charge in [-0.3, -0.25) is 0 Å². The average molecular weight is 237 g/mol. The molecule has 2 atom stereocenters. The Hall–Kier alpha value is -2.16. The van der Waals surface area contributed by atoms with Crippen LogP contribution >= 0.6 is 0 Å². The van der Waals surface area contributed by atoms with Crippen molar-refractivity contribution in [1.29, 1.82) is 0 Å². The van der Waals surface area contributed by atoms with Gasteiger partial charge in [-0.05, 0) is 6.42 Å². The zero-order chi connectivity index (χ0) is 12.2. The first-order valence-corrected chi connectivity index (χ1v) is 6.18. The maximum absolute atomic E-state index is 4.70. The van der Waals surface area contributed by atoms with Crippen molar-refractivity contribution in [3.63, 3.8) is 0 Å². The van der Waals surface area contributed by atoms with Crippen LogP contribution in [0.2, 0.25) is 0 Å². The van der Waals surface area contributed by atoms with E-state index in [0.29, 0.717) is 5.92 Å². The van der Waals surface area contributed by atoms with Gasteiger partial charge in [0.15, 0.2) is 0 Å². The predicted molar refractivity (Wildman–Crippen MR) is 74.8 cm³/mol. The van der Waals surface area contributed by atoms with Crippen LogP contribution in [0.1, 0.15) is 12.0 Å². The fourth-order valence-electron chi connectivity index (χ4n) is 2.16. The van der Waals surface area contributed by atoms with E-state index in [0.717, 1.165) is 17.8 Å². The molecule has 0 spiro atoms. The fraction of sp³-hybridized carbons (Fsp3) is 0.200. The standard InChI is InChI=1S/C15H15N3/c1-3-7-12(8-4-1)14-16-11-17-15(18-14)13-9-5-2-6-10-13/h1-9,11,13,15H,10H2,(H,16,17,18). The Morgan fingerprint density at radius 1 is 1.11 bits per heavy atom. The molecule has 18 heavy (non-hydrogen) atoms. The van der Waals surface area contributed by atoms with Gasteiger partial charge in [-0.1, -0.05) is 54.6 Å². The lowest BCUT2D eigenvalue weighted by molar-refractivity contribution is 0.519. The van der Waals surface area contributed by atoms with Crippen LogP contribution in [0.15, 0.2) is 64.6 Å². The van der Waals surface area contributed by atoms with Crippen LogP contribution in [0.5, 0.6) is 0 Å². The summed E-state index contributed by atoms with van der Waals surface area (Å²) in [7, 11) is 0. The lowest BCUT2D eigenvalue weighted by atomic mass is 9.98. The molecule has 3 rings (SSSR count). The molecule has 0 radical (unpaired) electrons. The van der Waals surface area contributed by atoms with Crippen LogP contribution in [0.4, 0.5) is 0 Å². The Bertz CT molecular complexity index is 526. The molecule has 0 amide bonds. The van der Waals surface area contributed by atoms with Gasteiger partial charge in [0.1, 0.15) is 12.0 Å². The fourth-order valence-corrected chi connectivity index (χ4v) is 2.16. The summed E-state index contributed by atoms with van der Waals surface area (Å²) in [5.41, 5.74) is 1.10. The number of amidine groups is 1. The molecule has 0 saturated carbocycles. The summed E-state index contributed by atoms with van der Waals surface area (Å²) in [5.74, 6) is 1.27. The zero-order valence-corrected chi connectivity index (χ0v) is 10.0. The maximum atomic E-state index is 4.70. The van der Waals surface area contributed by atoms with Crippen LogP contribution in [0, 0.1) is 5.92 Å². The van der Waals surface area contributed by atoms with E-state index in [1.165, 1.54) is 0 Å². The van der Waals surface area contributed by atoms with Crippen molar-refractivity contribution in [3.05, 3.63) is 60.2 Å². The largest absolute Gasteiger partial charge is 0.331 e. The minimum Gasteiger partial charge on any atom is -0.331 e. The number of nitrogens with one attached hydrogen (secondary N) is 1. The minimum atomic E-state index is -0.0114. The van der Waals surface area contributed by atoms with Crippen molar-refractivity contribution in [3.8, 4) is 0 Å². The van der Waals surface area contributed by atoms with Gasteiger partial charge >= 0.3 is 0 Å². The Balaban J connectivity index is 1.83. The van der Waals surface area contributed by atoms with Crippen molar-refractivity contribution >= 4 is 12.2 Å². The molecule has 90 valence electrons. The van der Waals surface area contributed by atoms with Gasteiger partial charge in [-0.2, -0.15) is 0 Å². The first-order valence-electron chi connectivity index (χ1n) is 6.18.